The van der Waals surface area contributed by atoms with Crippen molar-refractivity contribution in [2.24, 2.45) is 0 Å². The van der Waals surface area contributed by atoms with Crippen LogP contribution >= 0.6 is 0 Å². The molecule has 0 unspecified atom stereocenters. The Bertz CT molecular complexity index is 767. The average molecular weight is 358 g/mol. The van der Waals surface area contributed by atoms with Crippen LogP contribution in [0.3, 0.4) is 0 Å². The highest BCUT2D eigenvalue weighted by Crippen LogP contribution is 2.15. The van der Waals surface area contributed by atoms with Crippen LogP contribution in [0.25, 0.3) is 0 Å². The lowest BCUT2D eigenvalue weighted by molar-refractivity contribution is -0.121. The Morgan fingerprint density at radius 3 is 2.42 bits per heavy atom. The first-order chi connectivity index (χ1) is 12.2. The van der Waals surface area contributed by atoms with Gasteiger partial charge in [0.25, 0.3) is 5.91 Å². The Labute approximate surface area is 152 Å². The third kappa shape index (κ3) is 6.55. The Kier molecular flexibility index (Phi) is 6.33. The Morgan fingerprint density at radius 1 is 1.08 bits per heavy atom. The molecule has 0 saturated heterocycles. The van der Waals surface area contributed by atoms with Crippen LogP contribution in [0.2, 0.25) is 0 Å². The molecule has 0 spiro atoms. The number of ether oxygens (including phenoxy) is 1. The van der Waals surface area contributed by atoms with E-state index in [2.05, 4.69) is 10.6 Å². The van der Waals surface area contributed by atoms with E-state index >= 15 is 0 Å². The normalized spacial score (nSPS) is 10.9. The molecule has 0 aromatic heterocycles. The van der Waals surface area contributed by atoms with Crippen LogP contribution in [0.4, 0.5) is 4.39 Å². The van der Waals surface area contributed by atoms with Crippen LogP contribution < -0.4 is 15.4 Å². The molecular weight excluding hydrogens is 335 g/mol. The highest BCUT2D eigenvalue weighted by Gasteiger charge is 2.15. The maximum absolute atomic E-state index is 12.9. The molecule has 6 heteroatoms. The van der Waals surface area contributed by atoms with Crippen molar-refractivity contribution in [1.29, 1.82) is 0 Å². The van der Waals surface area contributed by atoms with E-state index in [1.165, 1.54) is 12.1 Å². The maximum atomic E-state index is 12.9. The molecule has 0 aliphatic carbocycles. The Balaban J connectivity index is 1.90. The molecule has 0 heterocycles. The summed E-state index contributed by atoms with van der Waals surface area (Å²) < 4.78 is 18.5. The second-order valence-corrected chi connectivity index (χ2v) is 6.92. The standard InChI is InChI=1S/C20H23FN2O3/c1-20(2,3)23-18(24)12-22-19(25)15-5-4-6-17(11-15)26-13-14-7-9-16(21)10-8-14/h4-11H,12-13H2,1-3H3,(H,22,25)(H,23,24). The number of carbonyl (C=O) groups is 2. The lowest BCUT2D eigenvalue weighted by Crippen LogP contribution is -2.45. The van der Waals surface area contributed by atoms with Crippen LogP contribution in [-0.2, 0) is 11.4 Å². The van der Waals surface area contributed by atoms with Crippen LogP contribution in [-0.4, -0.2) is 23.9 Å². The number of hydrogen-bond donors (Lipinski definition) is 2. The summed E-state index contributed by atoms with van der Waals surface area (Å²) in [6.07, 6.45) is 0. The van der Waals surface area contributed by atoms with Crippen LogP contribution in [0.1, 0.15) is 36.7 Å². The molecule has 2 aromatic carbocycles. The largest absolute Gasteiger partial charge is 0.489 e. The minimum absolute atomic E-state index is 0.100. The van der Waals surface area contributed by atoms with Crippen molar-refractivity contribution >= 4 is 11.8 Å². The van der Waals surface area contributed by atoms with E-state index in [9.17, 15) is 14.0 Å². The van der Waals surface area contributed by atoms with Gasteiger partial charge in [-0.3, -0.25) is 9.59 Å². The Morgan fingerprint density at radius 2 is 1.77 bits per heavy atom. The predicted molar refractivity (Wildman–Crippen MR) is 97.4 cm³/mol. The van der Waals surface area contributed by atoms with Crippen LogP contribution in [0.5, 0.6) is 5.75 Å². The van der Waals surface area contributed by atoms with E-state index in [0.29, 0.717) is 11.3 Å². The molecule has 138 valence electrons. The number of halogens is 1. The topological polar surface area (TPSA) is 67.4 Å². The summed E-state index contributed by atoms with van der Waals surface area (Å²) in [6.45, 7) is 5.77. The van der Waals surface area contributed by atoms with E-state index in [1.54, 1.807) is 36.4 Å². The van der Waals surface area contributed by atoms with E-state index in [1.807, 2.05) is 20.8 Å². The van der Waals surface area contributed by atoms with Crippen molar-refractivity contribution in [2.75, 3.05) is 6.54 Å². The monoisotopic (exact) mass is 358 g/mol. The van der Waals surface area contributed by atoms with Gasteiger partial charge in [0, 0.05) is 11.1 Å². The zero-order valence-corrected chi connectivity index (χ0v) is 15.1. The molecule has 0 saturated carbocycles. The van der Waals surface area contributed by atoms with Gasteiger partial charge in [0.1, 0.15) is 18.2 Å². The number of nitrogens with one attached hydrogen (secondary N) is 2. The van der Waals surface area contributed by atoms with E-state index < -0.39 is 0 Å². The second kappa shape index (κ2) is 8.47. The average Bonchev–Trinajstić information content (AvgIpc) is 2.58. The van der Waals surface area contributed by atoms with Crippen molar-refractivity contribution in [3.63, 3.8) is 0 Å². The molecule has 2 rings (SSSR count). The lowest BCUT2D eigenvalue weighted by Gasteiger charge is -2.20. The first-order valence-electron chi connectivity index (χ1n) is 8.29. The third-order valence-corrected chi connectivity index (χ3v) is 3.34. The van der Waals surface area contributed by atoms with Crippen molar-refractivity contribution in [3.8, 4) is 5.75 Å². The van der Waals surface area contributed by atoms with Gasteiger partial charge in [-0.15, -0.1) is 0 Å². The summed E-state index contributed by atoms with van der Waals surface area (Å²) in [6, 6.07) is 12.7. The minimum Gasteiger partial charge on any atom is -0.489 e. The van der Waals surface area contributed by atoms with Gasteiger partial charge in [-0.05, 0) is 56.7 Å². The van der Waals surface area contributed by atoms with Gasteiger partial charge in [-0.25, -0.2) is 4.39 Å². The van der Waals surface area contributed by atoms with Crippen molar-refractivity contribution in [1.82, 2.24) is 10.6 Å². The molecule has 0 fully saturated rings. The predicted octanol–water partition coefficient (Wildman–Crippen LogP) is 3.05. The summed E-state index contributed by atoms with van der Waals surface area (Å²) in [5.74, 6) is -0.403. The van der Waals surface area contributed by atoms with Crippen molar-refractivity contribution < 1.29 is 18.7 Å². The summed E-state index contributed by atoms with van der Waals surface area (Å²) in [5.41, 5.74) is 0.862. The SMILES string of the molecule is CC(C)(C)NC(=O)CNC(=O)c1cccc(OCc2ccc(F)cc2)c1. The van der Waals surface area contributed by atoms with Crippen molar-refractivity contribution in [3.05, 3.63) is 65.5 Å². The number of benzene rings is 2. The van der Waals surface area contributed by atoms with Gasteiger partial charge in [0.2, 0.25) is 5.91 Å². The van der Waals surface area contributed by atoms with Gasteiger partial charge in [0.15, 0.2) is 0 Å². The molecule has 26 heavy (non-hydrogen) atoms. The molecule has 0 radical (unpaired) electrons. The smallest absolute Gasteiger partial charge is 0.251 e. The Hall–Kier alpha value is -2.89. The third-order valence-electron chi connectivity index (χ3n) is 3.34. The minimum atomic E-state index is -0.360. The van der Waals surface area contributed by atoms with Crippen LogP contribution in [0.15, 0.2) is 48.5 Å². The molecule has 2 aromatic rings. The molecule has 5 nitrogen and oxygen atoms in total. The van der Waals surface area contributed by atoms with Gasteiger partial charge in [0.05, 0.1) is 6.54 Å². The number of carbonyl (C=O) groups excluding carboxylic acids is 2. The molecule has 0 bridgehead atoms. The van der Waals surface area contributed by atoms with Gasteiger partial charge in [-0.2, -0.15) is 0 Å². The molecule has 0 aliphatic heterocycles. The van der Waals surface area contributed by atoms with Crippen molar-refractivity contribution in [2.45, 2.75) is 32.9 Å². The molecule has 2 N–H and O–H groups in total. The zero-order chi connectivity index (χ0) is 19.2. The lowest BCUT2D eigenvalue weighted by atomic mass is 10.1. The first kappa shape index (κ1) is 19.4. The van der Waals surface area contributed by atoms with Gasteiger partial charge < -0.3 is 15.4 Å². The fraction of sp³-hybridized carbons (Fsp3) is 0.300. The van der Waals surface area contributed by atoms with E-state index in [0.717, 1.165) is 5.56 Å². The molecule has 2 amide bonds. The molecular formula is C20H23FN2O3. The summed E-state index contributed by atoms with van der Waals surface area (Å²) >= 11 is 0. The van der Waals surface area contributed by atoms with Gasteiger partial charge >= 0.3 is 0 Å². The summed E-state index contributed by atoms with van der Waals surface area (Å²) in [4.78, 5) is 24.0. The van der Waals surface area contributed by atoms with Gasteiger partial charge in [-0.1, -0.05) is 18.2 Å². The fourth-order valence-corrected chi connectivity index (χ4v) is 2.20. The second-order valence-electron chi connectivity index (χ2n) is 6.92. The summed E-state index contributed by atoms with van der Waals surface area (Å²) in [5, 5.41) is 5.36. The van der Waals surface area contributed by atoms with E-state index in [4.69, 9.17) is 4.74 Å². The number of rotatable bonds is 6. The highest BCUT2D eigenvalue weighted by molar-refractivity contribution is 5.96. The fourth-order valence-electron chi connectivity index (χ4n) is 2.20. The number of amides is 2. The summed E-state index contributed by atoms with van der Waals surface area (Å²) in [7, 11) is 0. The van der Waals surface area contributed by atoms with Crippen LogP contribution in [0, 0.1) is 5.82 Å². The van der Waals surface area contributed by atoms with E-state index in [-0.39, 0.29) is 36.3 Å². The zero-order valence-electron chi connectivity index (χ0n) is 15.1. The molecule has 0 atom stereocenters. The quantitative estimate of drug-likeness (QED) is 0.834. The maximum Gasteiger partial charge on any atom is 0.251 e. The first-order valence-corrected chi connectivity index (χ1v) is 8.29. The number of hydrogen-bond acceptors (Lipinski definition) is 3. The molecule has 0 aliphatic rings. The highest BCUT2D eigenvalue weighted by atomic mass is 19.1.